The van der Waals surface area contributed by atoms with E-state index in [9.17, 15) is 4.79 Å². The Morgan fingerprint density at radius 3 is 2.50 bits per heavy atom. The van der Waals surface area contributed by atoms with E-state index in [-0.39, 0.29) is 5.97 Å². The standard InChI is InChI=1S/C16H14N2O2/c1-20-16(19)14-10-18(12-8-6-11(17)7-9-12)15-5-3-2-4-13(14)15/h2-10H,17H2,1H3. The fourth-order valence-corrected chi connectivity index (χ4v) is 2.30. The van der Waals surface area contributed by atoms with Crippen molar-refractivity contribution in [1.82, 2.24) is 4.57 Å². The number of benzene rings is 2. The summed E-state index contributed by atoms with van der Waals surface area (Å²) >= 11 is 0. The van der Waals surface area contributed by atoms with Crippen molar-refractivity contribution in [2.24, 2.45) is 0 Å². The van der Waals surface area contributed by atoms with E-state index in [1.807, 2.05) is 53.1 Å². The summed E-state index contributed by atoms with van der Waals surface area (Å²) in [6.07, 6.45) is 1.79. The second kappa shape index (κ2) is 4.74. The van der Waals surface area contributed by atoms with Gasteiger partial charge in [0.15, 0.2) is 0 Å². The van der Waals surface area contributed by atoms with E-state index >= 15 is 0 Å². The van der Waals surface area contributed by atoms with Gasteiger partial charge in [-0.15, -0.1) is 0 Å². The Morgan fingerprint density at radius 1 is 1.10 bits per heavy atom. The lowest BCUT2D eigenvalue weighted by atomic mass is 10.2. The number of nitrogens with two attached hydrogens (primary N) is 1. The van der Waals surface area contributed by atoms with Crippen molar-refractivity contribution in [3.63, 3.8) is 0 Å². The number of para-hydroxylation sites is 1. The monoisotopic (exact) mass is 266 g/mol. The molecule has 100 valence electrons. The average molecular weight is 266 g/mol. The van der Waals surface area contributed by atoms with Crippen LogP contribution >= 0.6 is 0 Å². The van der Waals surface area contributed by atoms with Crippen molar-refractivity contribution in [3.8, 4) is 5.69 Å². The molecule has 0 saturated carbocycles. The number of hydrogen-bond donors (Lipinski definition) is 1. The molecule has 0 aliphatic heterocycles. The molecule has 20 heavy (non-hydrogen) atoms. The van der Waals surface area contributed by atoms with Gasteiger partial charge in [-0.3, -0.25) is 0 Å². The first-order valence-electron chi connectivity index (χ1n) is 6.25. The molecule has 0 radical (unpaired) electrons. The Hall–Kier alpha value is -2.75. The van der Waals surface area contributed by atoms with E-state index < -0.39 is 0 Å². The molecule has 0 saturated heterocycles. The zero-order valence-corrected chi connectivity index (χ0v) is 11.0. The number of nitrogen functional groups attached to an aromatic ring is 1. The van der Waals surface area contributed by atoms with Crippen LogP contribution in [0.25, 0.3) is 16.6 Å². The third-order valence-corrected chi connectivity index (χ3v) is 3.29. The van der Waals surface area contributed by atoms with Gasteiger partial charge in [0.25, 0.3) is 0 Å². The lowest BCUT2D eigenvalue weighted by Crippen LogP contribution is -2.00. The summed E-state index contributed by atoms with van der Waals surface area (Å²) < 4.78 is 6.80. The molecule has 0 atom stereocenters. The van der Waals surface area contributed by atoms with Gasteiger partial charge in [-0.25, -0.2) is 4.79 Å². The zero-order chi connectivity index (χ0) is 14.1. The highest BCUT2D eigenvalue weighted by Crippen LogP contribution is 2.25. The van der Waals surface area contributed by atoms with Crippen molar-refractivity contribution in [2.45, 2.75) is 0 Å². The van der Waals surface area contributed by atoms with Crippen molar-refractivity contribution >= 4 is 22.6 Å². The highest BCUT2D eigenvalue weighted by Gasteiger charge is 2.15. The lowest BCUT2D eigenvalue weighted by Gasteiger charge is -2.05. The molecule has 3 rings (SSSR count). The number of esters is 1. The molecule has 1 heterocycles. The number of anilines is 1. The van der Waals surface area contributed by atoms with Gasteiger partial charge in [-0.05, 0) is 30.3 Å². The summed E-state index contributed by atoms with van der Waals surface area (Å²) in [5.74, 6) is -0.338. The molecule has 0 amide bonds. The predicted octanol–water partition coefficient (Wildman–Crippen LogP) is 3.00. The maximum Gasteiger partial charge on any atom is 0.340 e. The topological polar surface area (TPSA) is 57.2 Å². The quantitative estimate of drug-likeness (QED) is 0.573. The molecule has 4 heteroatoms. The van der Waals surface area contributed by atoms with E-state index in [0.717, 1.165) is 16.6 Å². The lowest BCUT2D eigenvalue weighted by molar-refractivity contribution is 0.0603. The normalized spacial score (nSPS) is 10.7. The molecule has 3 aromatic rings. The van der Waals surface area contributed by atoms with E-state index in [1.54, 1.807) is 6.20 Å². The first kappa shape index (κ1) is 12.3. The zero-order valence-electron chi connectivity index (χ0n) is 11.0. The minimum absolute atomic E-state index is 0.338. The number of hydrogen-bond acceptors (Lipinski definition) is 3. The highest BCUT2D eigenvalue weighted by molar-refractivity contribution is 6.04. The third-order valence-electron chi connectivity index (χ3n) is 3.29. The fraction of sp³-hybridized carbons (Fsp3) is 0.0625. The van der Waals surface area contributed by atoms with Crippen molar-refractivity contribution in [1.29, 1.82) is 0 Å². The van der Waals surface area contributed by atoms with Crippen molar-refractivity contribution in [3.05, 3.63) is 60.3 Å². The molecule has 4 nitrogen and oxygen atoms in total. The average Bonchev–Trinajstić information content (AvgIpc) is 2.87. The van der Waals surface area contributed by atoms with Gasteiger partial charge in [-0.1, -0.05) is 18.2 Å². The van der Waals surface area contributed by atoms with Crippen LogP contribution in [0.2, 0.25) is 0 Å². The Morgan fingerprint density at radius 2 is 1.80 bits per heavy atom. The summed E-state index contributed by atoms with van der Waals surface area (Å²) in [5, 5.41) is 0.871. The maximum atomic E-state index is 11.9. The predicted molar refractivity (Wildman–Crippen MR) is 79.0 cm³/mol. The number of carbonyl (C=O) groups excluding carboxylic acids is 1. The van der Waals surface area contributed by atoms with Gasteiger partial charge in [0, 0.05) is 23.0 Å². The number of carbonyl (C=O) groups is 1. The van der Waals surface area contributed by atoms with Gasteiger partial charge in [0.1, 0.15) is 0 Å². The smallest absolute Gasteiger partial charge is 0.340 e. The number of rotatable bonds is 2. The molecule has 2 aromatic carbocycles. The van der Waals surface area contributed by atoms with Crippen LogP contribution in [0, 0.1) is 0 Å². The number of methoxy groups -OCH3 is 1. The van der Waals surface area contributed by atoms with Crippen LogP contribution in [-0.4, -0.2) is 17.6 Å². The van der Waals surface area contributed by atoms with Gasteiger partial charge in [0.2, 0.25) is 0 Å². The molecule has 2 N–H and O–H groups in total. The Labute approximate surface area is 116 Å². The Balaban J connectivity index is 2.26. The van der Waals surface area contributed by atoms with Crippen LogP contribution in [0.1, 0.15) is 10.4 Å². The highest BCUT2D eigenvalue weighted by atomic mass is 16.5. The van der Waals surface area contributed by atoms with E-state index in [0.29, 0.717) is 11.3 Å². The summed E-state index contributed by atoms with van der Waals surface area (Å²) in [6.45, 7) is 0. The Kier molecular flexibility index (Phi) is 2.91. The van der Waals surface area contributed by atoms with Crippen molar-refractivity contribution in [2.75, 3.05) is 12.8 Å². The minimum atomic E-state index is -0.338. The van der Waals surface area contributed by atoms with E-state index in [4.69, 9.17) is 10.5 Å². The third kappa shape index (κ3) is 1.91. The molecule has 0 bridgehead atoms. The van der Waals surface area contributed by atoms with Gasteiger partial charge >= 0.3 is 5.97 Å². The molecule has 0 aliphatic rings. The summed E-state index contributed by atoms with van der Waals surface area (Å²) in [5.41, 5.74) is 8.88. The Bertz CT molecular complexity index is 773. The van der Waals surface area contributed by atoms with Crippen LogP contribution in [0.4, 0.5) is 5.69 Å². The number of aromatic nitrogens is 1. The minimum Gasteiger partial charge on any atom is -0.465 e. The number of ether oxygens (including phenoxy) is 1. The van der Waals surface area contributed by atoms with Crippen LogP contribution in [0.5, 0.6) is 0 Å². The molecule has 0 fully saturated rings. The second-order valence-corrected chi connectivity index (χ2v) is 4.51. The number of fused-ring (bicyclic) bond motifs is 1. The van der Waals surface area contributed by atoms with E-state index in [2.05, 4.69) is 0 Å². The molecule has 0 spiro atoms. The molecule has 0 unspecified atom stereocenters. The number of nitrogens with zero attached hydrogens (tertiary/aromatic N) is 1. The van der Waals surface area contributed by atoms with Gasteiger partial charge in [0.05, 0.1) is 18.2 Å². The molecular formula is C16H14N2O2. The van der Waals surface area contributed by atoms with Gasteiger partial charge < -0.3 is 15.0 Å². The first-order valence-corrected chi connectivity index (χ1v) is 6.25. The second-order valence-electron chi connectivity index (χ2n) is 4.51. The fourth-order valence-electron chi connectivity index (χ4n) is 2.30. The van der Waals surface area contributed by atoms with Crippen LogP contribution < -0.4 is 5.73 Å². The maximum absolute atomic E-state index is 11.9. The van der Waals surface area contributed by atoms with E-state index in [1.165, 1.54) is 7.11 Å². The van der Waals surface area contributed by atoms with Crippen LogP contribution in [0.15, 0.2) is 54.7 Å². The SMILES string of the molecule is COC(=O)c1cn(-c2ccc(N)cc2)c2ccccc12. The molecule has 0 aliphatic carbocycles. The van der Waals surface area contributed by atoms with Crippen LogP contribution in [0.3, 0.4) is 0 Å². The first-order chi connectivity index (χ1) is 9.70. The molecular weight excluding hydrogens is 252 g/mol. The summed E-state index contributed by atoms with van der Waals surface area (Å²) in [6, 6.07) is 15.2. The van der Waals surface area contributed by atoms with Crippen molar-refractivity contribution < 1.29 is 9.53 Å². The summed E-state index contributed by atoms with van der Waals surface area (Å²) in [7, 11) is 1.39. The summed E-state index contributed by atoms with van der Waals surface area (Å²) in [4.78, 5) is 11.9. The van der Waals surface area contributed by atoms with Gasteiger partial charge in [-0.2, -0.15) is 0 Å². The molecule has 1 aromatic heterocycles. The largest absolute Gasteiger partial charge is 0.465 e. The van der Waals surface area contributed by atoms with Crippen LogP contribution in [-0.2, 0) is 4.74 Å².